The number of carbonyl (C=O) groups is 1. The number of hydrogen-bond donors (Lipinski definition) is 1. The second-order valence-corrected chi connectivity index (χ2v) is 5.92. The van der Waals surface area contributed by atoms with Gasteiger partial charge in [-0.1, -0.05) is 6.92 Å². The Morgan fingerprint density at radius 3 is 3.00 bits per heavy atom. The molecule has 2 unspecified atom stereocenters. The van der Waals surface area contributed by atoms with Gasteiger partial charge in [0.25, 0.3) is 0 Å². The fourth-order valence-electron chi connectivity index (χ4n) is 3.16. The number of nitrogens with one attached hydrogen (secondary N) is 1. The second-order valence-electron chi connectivity index (χ2n) is 5.92. The zero-order valence-corrected chi connectivity index (χ0v) is 13.4. The van der Waals surface area contributed by atoms with E-state index in [0.717, 1.165) is 44.3 Å². The van der Waals surface area contributed by atoms with Crippen molar-refractivity contribution in [3.8, 4) is 0 Å². The first-order chi connectivity index (χ1) is 10.1. The molecule has 1 aliphatic carbocycles. The lowest BCUT2D eigenvalue weighted by atomic mass is 9.78. The van der Waals surface area contributed by atoms with Gasteiger partial charge >= 0.3 is 5.97 Å². The minimum absolute atomic E-state index is 0.105. The fraction of sp³-hybridized carbons (Fsp3) is 0.750. The molecule has 21 heavy (non-hydrogen) atoms. The molecule has 2 atom stereocenters. The Bertz CT molecular complexity index is 472. The van der Waals surface area contributed by atoms with E-state index in [4.69, 9.17) is 4.74 Å². The number of esters is 1. The van der Waals surface area contributed by atoms with E-state index >= 15 is 0 Å². The van der Waals surface area contributed by atoms with Gasteiger partial charge < -0.3 is 10.1 Å². The van der Waals surface area contributed by atoms with Crippen molar-refractivity contribution >= 4 is 5.97 Å². The minimum atomic E-state index is -0.547. The van der Waals surface area contributed by atoms with Gasteiger partial charge in [-0.25, -0.2) is 0 Å². The highest BCUT2D eigenvalue weighted by Gasteiger charge is 2.44. The van der Waals surface area contributed by atoms with Crippen molar-refractivity contribution in [3.63, 3.8) is 0 Å². The number of hydrogen-bond acceptors (Lipinski definition) is 4. The van der Waals surface area contributed by atoms with Gasteiger partial charge in [-0.15, -0.1) is 0 Å². The third-order valence-corrected chi connectivity index (χ3v) is 4.22. The normalized spacial score (nSPS) is 25.8. The molecule has 1 aromatic rings. The van der Waals surface area contributed by atoms with E-state index in [1.54, 1.807) is 0 Å². The van der Waals surface area contributed by atoms with E-state index in [9.17, 15) is 4.79 Å². The average molecular weight is 293 g/mol. The molecule has 1 saturated carbocycles. The first kappa shape index (κ1) is 16.0. The summed E-state index contributed by atoms with van der Waals surface area (Å²) in [6, 6.07) is 2.28. The van der Waals surface area contributed by atoms with Crippen LogP contribution in [0.3, 0.4) is 0 Å². The smallest absolute Gasteiger partial charge is 0.326 e. The fourth-order valence-corrected chi connectivity index (χ4v) is 3.16. The summed E-state index contributed by atoms with van der Waals surface area (Å²) in [6.07, 6.45) is 6.71. The van der Waals surface area contributed by atoms with Gasteiger partial charge in [0.2, 0.25) is 0 Å². The van der Waals surface area contributed by atoms with Gasteiger partial charge in [-0.3, -0.25) is 9.48 Å². The zero-order valence-electron chi connectivity index (χ0n) is 13.4. The molecule has 0 spiro atoms. The van der Waals surface area contributed by atoms with E-state index in [2.05, 4.69) is 17.3 Å². The summed E-state index contributed by atoms with van der Waals surface area (Å²) in [7, 11) is 0. The topological polar surface area (TPSA) is 56.1 Å². The number of aromatic nitrogens is 2. The molecular formula is C16H27N3O2. The lowest BCUT2D eigenvalue weighted by molar-refractivity contribution is -0.153. The van der Waals surface area contributed by atoms with Crippen molar-refractivity contribution in [1.29, 1.82) is 0 Å². The maximum atomic E-state index is 12.5. The Labute approximate surface area is 127 Å². The van der Waals surface area contributed by atoms with Crippen LogP contribution in [0.5, 0.6) is 0 Å². The van der Waals surface area contributed by atoms with Crippen LogP contribution in [0.2, 0.25) is 0 Å². The number of carbonyl (C=O) groups excluding carboxylic acids is 1. The molecule has 0 amide bonds. The number of rotatable bonds is 6. The Morgan fingerprint density at radius 2 is 2.38 bits per heavy atom. The Hall–Kier alpha value is -1.36. The Balaban J connectivity index is 2.17. The summed E-state index contributed by atoms with van der Waals surface area (Å²) in [5.74, 6) is -0.105. The summed E-state index contributed by atoms with van der Waals surface area (Å²) in [5, 5.41) is 7.98. The van der Waals surface area contributed by atoms with Crippen LogP contribution in [-0.4, -0.2) is 34.4 Å². The first-order valence-corrected chi connectivity index (χ1v) is 8.05. The lowest BCUT2D eigenvalue weighted by Crippen LogP contribution is -2.56. The van der Waals surface area contributed by atoms with E-state index < -0.39 is 5.54 Å². The van der Waals surface area contributed by atoms with Crippen molar-refractivity contribution in [3.05, 3.63) is 18.0 Å². The number of ether oxygens (including phenoxy) is 1. The van der Waals surface area contributed by atoms with E-state index in [0.29, 0.717) is 6.61 Å². The molecule has 0 saturated heterocycles. The zero-order chi connectivity index (χ0) is 15.3. The van der Waals surface area contributed by atoms with E-state index in [-0.39, 0.29) is 12.0 Å². The average Bonchev–Trinajstić information content (AvgIpc) is 2.92. The predicted octanol–water partition coefficient (Wildman–Crippen LogP) is 2.61. The van der Waals surface area contributed by atoms with Gasteiger partial charge in [-0.2, -0.15) is 5.10 Å². The molecule has 1 aromatic heterocycles. The molecule has 0 radical (unpaired) electrons. The van der Waals surface area contributed by atoms with Crippen LogP contribution in [0.1, 0.15) is 57.7 Å². The SMILES string of the molecule is CCCNC1(C(=O)OCC)CCCC(n2ccc(C)n2)C1. The van der Waals surface area contributed by atoms with Crippen LogP contribution in [0.15, 0.2) is 12.3 Å². The third-order valence-electron chi connectivity index (χ3n) is 4.22. The lowest BCUT2D eigenvalue weighted by Gasteiger charge is -2.39. The molecule has 1 fully saturated rings. The maximum absolute atomic E-state index is 12.5. The highest BCUT2D eigenvalue weighted by Crippen LogP contribution is 2.36. The maximum Gasteiger partial charge on any atom is 0.326 e. The summed E-state index contributed by atoms with van der Waals surface area (Å²) in [4.78, 5) is 12.5. The van der Waals surface area contributed by atoms with Gasteiger partial charge in [-0.05, 0) is 58.6 Å². The molecule has 0 bridgehead atoms. The number of nitrogens with zero attached hydrogens (tertiary/aromatic N) is 2. The standard InChI is InChI=1S/C16H27N3O2/c1-4-10-17-16(15(20)21-5-2)9-6-7-14(12-16)19-11-8-13(3)18-19/h8,11,14,17H,4-7,9-10,12H2,1-3H3. The summed E-state index contributed by atoms with van der Waals surface area (Å²) < 4.78 is 7.35. The molecule has 2 rings (SSSR count). The summed E-state index contributed by atoms with van der Waals surface area (Å²) in [6.45, 7) is 7.24. The van der Waals surface area contributed by atoms with Gasteiger partial charge in [0.05, 0.1) is 18.3 Å². The molecule has 0 aliphatic heterocycles. The third kappa shape index (κ3) is 3.64. The van der Waals surface area contributed by atoms with Crippen molar-refractivity contribution in [2.75, 3.05) is 13.2 Å². The quantitative estimate of drug-likeness (QED) is 0.819. The molecule has 118 valence electrons. The molecule has 5 nitrogen and oxygen atoms in total. The predicted molar refractivity (Wildman–Crippen MR) is 82.1 cm³/mol. The first-order valence-electron chi connectivity index (χ1n) is 8.05. The van der Waals surface area contributed by atoms with Crippen LogP contribution < -0.4 is 5.32 Å². The molecule has 1 heterocycles. The van der Waals surface area contributed by atoms with E-state index in [1.165, 1.54) is 0 Å². The second kappa shape index (κ2) is 7.07. The van der Waals surface area contributed by atoms with Crippen LogP contribution in [0, 0.1) is 6.92 Å². The molecule has 1 aliphatic rings. The van der Waals surface area contributed by atoms with Crippen LogP contribution >= 0.6 is 0 Å². The highest BCUT2D eigenvalue weighted by atomic mass is 16.5. The van der Waals surface area contributed by atoms with Gasteiger partial charge in [0.15, 0.2) is 0 Å². The minimum Gasteiger partial charge on any atom is -0.465 e. The van der Waals surface area contributed by atoms with Crippen molar-refractivity contribution in [2.24, 2.45) is 0 Å². The monoisotopic (exact) mass is 293 g/mol. The Morgan fingerprint density at radius 1 is 1.57 bits per heavy atom. The van der Waals surface area contributed by atoms with Crippen LogP contribution in [0.25, 0.3) is 0 Å². The molecular weight excluding hydrogens is 266 g/mol. The number of aryl methyl sites for hydroxylation is 1. The Kier molecular flexibility index (Phi) is 5.39. The molecule has 0 aromatic carbocycles. The van der Waals surface area contributed by atoms with Crippen molar-refractivity contribution in [2.45, 2.75) is 64.5 Å². The highest BCUT2D eigenvalue weighted by molar-refractivity contribution is 5.81. The van der Waals surface area contributed by atoms with E-state index in [1.807, 2.05) is 30.8 Å². The molecule has 5 heteroatoms. The largest absolute Gasteiger partial charge is 0.465 e. The summed E-state index contributed by atoms with van der Waals surface area (Å²) in [5.41, 5.74) is 0.471. The van der Waals surface area contributed by atoms with Crippen molar-refractivity contribution < 1.29 is 9.53 Å². The van der Waals surface area contributed by atoms with Crippen LogP contribution in [0.4, 0.5) is 0 Å². The molecule has 1 N–H and O–H groups in total. The van der Waals surface area contributed by atoms with Gasteiger partial charge in [0, 0.05) is 6.20 Å². The van der Waals surface area contributed by atoms with Crippen LogP contribution in [-0.2, 0) is 9.53 Å². The van der Waals surface area contributed by atoms with Gasteiger partial charge in [0.1, 0.15) is 5.54 Å². The summed E-state index contributed by atoms with van der Waals surface area (Å²) >= 11 is 0. The van der Waals surface area contributed by atoms with Crippen molar-refractivity contribution in [1.82, 2.24) is 15.1 Å².